The van der Waals surface area contributed by atoms with Crippen molar-refractivity contribution < 1.29 is 77.9 Å². The van der Waals surface area contributed by atoms with Crippen molar-refractivity contribution in [2.75, 3.05) is 0 Å². The summed E-state index contributed by atoms with van der Waals surface area (Å²) < 4.78 is 104. The molecule has 0 aliphatic heterocycles. The molecule has 6 aromatic heterocycles. The Kier molecular flexibility index (Phi) is 12.3. The van der Waals surface area contributed by atoms with Gasteiger partial charge in [-0.15, -0.1) is 59.7 Å². The van der Waals surface area contributed by atoms with Crippen molar-refractivity contribution in [3.63, 3.8) is 0 Å². The molecule has 17 heteroatoms. The Balaban J connectivity index is 0.00000291. The molecular formula is C54H29F6N7O2Pt2. The zero-order valence-corrected chi connectivity index (χ0v) is 40.7. The molecule has 0 atom stereocenters. The molecule has 0 amide bonds. The van der Waals surface area contributed by atoms with E-state index in [1.165, 1.54) is 12.1 Å². The third kappa shape index (κ3) is 8.71. The Bertz CT molecular complexity index is 3720. The molecule has 0 saturated carbocycles. The maximum absolute atomic E-state index is 14.3. The van der Waals surface area contributed by atoms with Crippen molar-refractivity contribution in [3.8, 4) is 40.6 Å². The first-order valence-corrected chi connectivity index (χ1v) is 21.4. The number of halogens is 6. The summed E-state index contributed by atoms with van der Waals surface area (Å²) in [5, 5.41) is 3.29. The quantitative estimate of drug-likeness (QED) is 0.106. The van der Waals surface area contributed by atoms with Crippen molar-refractivity contribution in [3.05, 3.63) is 188 Å². The molecule has 354 valence electrons. The van der Waals surface area contributed by atoms with Crippen LogP contribution in [0.3, 0.4) is 0 Å². The fourth-order valence-electron chi connectivity index (χ4n) is 9.19. The third-order valence-electron chi connectivity index (χ3n) is 11.7. The fourth-order valence-corrected chi connectivity index (χ4v) is 9.19. The van der Waals surface area contributed by atoms with Crippen molar-refractivity contribution in [1.29, 1.82) is 0 Å². The van der Waals surface area contributed by atoms with E-state index in [2.05, 4.69) is 44.2 Å². The summed E-state index contributed by atoms with van der Waals surface area (Å²) >= 11 is 0. The second-order valence-corrected chi connectivity index (χ2v) is 16.2. The summed E-state index contributed by atoms with van der Waals surface area (Å²) in [7, 11) is 0. The Morgan fingerprint density at radius 2 is 0.817 bits per heavy atom. The van der Waals surface area contributed by atoms with Crippen LogP contribution in [0.4, 0.5) is 26.3 Å². The monoisotopic (exact) mass is 1310 g/mol. The van der Waals surface area contributed by atoms with Gasteiger partial charge in [-0.25, -0.2) is 19.9 Å². The maximum Gasteiger partial charge on any atom is 2.00 e. The van der Waals surface area contributed by atoms with Crippen LogP contribution in [-0.4, -0.2) is 46.0 Å². The van der Waals surface area contributed by atoms with Crippen molar-refractivity contribution in [2.24, 2.45) is 0 Å². The molecule has 71 heavy (non-hydrogen) atoms. The van der Waals surface area contributed by atoms with Crippen molar-refractivity contribution >= 4 is 65.4 Å². The molecule has 6 heterocycles. The van der Waals surface area contributed by atoms with Gasteiger partial charge in [0.15, 0.2) is 0 Å². The van der Waals surface area contributed by atoms with Gasteiger partial charge in [0.25, 0.3) is 0 Å². The molecule has 0 aliphatic carbocycles. The van der Waals surface area contributed by atoms with E-state index in [1.54, 1.807) is 129 Å². The Hall–Kier alpha value is -7.34. The van der Waals surface area contributed by atoms with Crippen LogP contribution in [0.15, 0.2) is 152 Å². The van der Waals surface area contributed by atoms with Gasteiger partial charge < -0.3 is 23.2 Å². The number of hydrogen-bond acceptors (Lipinski definition) is 6. The average molecular weight is 1310 g/mol. The summed E-state index contributed by atoms with van der Waals surface area (Å²) in [6.45, 7) is 0. The van der Waals surface area contributed by atoms with Crippen LogP contribution in [0.5, 0.6) is 23.0 Å². The number of para-hydroxylation sites is 2. The van der Waals surface area contributed by atoms with Crippen LogP contribution in [0.2, 0.25) is 0 Å². The minimum Gasteiger partial charge on any atom is -0.509 e. The second-order valence-electron chi connectivity index (χ2n) is 16.2. The van der Waals surface area contributed by atoms with Crippen LogP contribution >= 0.6 is 0 Å². The Morgan fingerprint density at radius 1 is 0.408 bits per heavy atom. The zero-order valence-electron chi connectivity index (χ0n) is 36.2. The number of aromatic nitrogens is 7. The molecule has 12 aromatic rings. The summed E-state index contributed by atoms with van der Waals surface area (Å²) in [5.41, 5.74) is 2.85. The first-order valence-electron chi connectivity index (χ1n) is 21.4. The number of fused-ring (bicyclic) bond motifs is 9. The van der Waals surface area contributed by atoms with Gasteiger partial charge in [0, 0.05) is 71.7 Å². The molecular weight excluding hydrogens is 1280 g/mol. The molecule has 0 N–H and O–H groups in total. The van der Waals surface area contributed by atoms with Crippen LogP contribution in [-0.2, 0) is 55.0 Å². The van der Waals surface area contributed by atoms with E-state index in [4.69, 9.17) is 9.47 Å². The van der Waals surface area contributed by atoms with Gasteiger partial charge in [-0.2, -0.15) is 49.2 Å². The molecule has 0 radical (unpaired) electrons. The normalized spacial score (nSPS) is 12.0. The molecule has 0 aliphatic rings. The van der Waals surface area contributed by atoms with Crippen LogP contribution in [0, 0.1) is 24.3 Å². The van der Waals surface area contributed by atoms with Gasteiger partial charge in [0.05, 0.1) is 0 Å². The molecule has 9 nitrogen and oxygen atoms in total. The third-order valence-corrected chi connectivity index (χ3v) is 11.7. The number of ether oxygens (including phenoxy) is 2. The van der Waals surface area contributed by atoms with Crippen LogP contribution in [0.25, 0.3) is 83.0 Å². The molecule has 12 rings (SSSR count). The maximum atomic E-state index is 14.3. The van der Waals surface area contributed by atoms with Crippen LogP contribution in [0.1, 0.15) is 11.1 Å². The van der Waals surface area contributed by atoms with Gasteiger partial charge in [0.2, 0.25) is 5.95 Å². The Labute approximate surface area is 427 Å². The van der Waals surface area contributed by atoms with Gasteiger partial charge >= 0.3 is 54.5 Å². The topological polar surface area (TPSA) is 84.8 Å². The SMILES string of the molecule is FC(F)(F)Cc1cc(Oc2[c-]c3c(cc2)c2ccc(Oc4[c-]c5c(c(CC(F)(F)F)c4)c4ccccc4n5-c4ccccn4)[c-]c2n3-c2ncccn2)[c-]c2c1c1ccccc1n2-c1ccccn1.[Pt+2].[Pt+2]. The molecule has 0 spiro atoms. The molecule has 0 bridgehead atoms. The van der Waals surface area contributed by atoms with Crippen molar-refractivity contribution in [1.82, 2.24) is 33.6 Å². The predicted molar refractivity (Wildman–Crippen MR) is 249 cm³/mol. The summed E-state index contributed by atoms with van der Waals surface area (Å²) in [6, 6.07) is 49.2. The first kappa shape index (κ1) is 47.3. The first-order chi connectivity index (χ1) is 33.4. The molecule has 0 fully saturated rings. The summed E-state index contributed by atoms with van der Waals surface area (Å²) in [5.74, 6) is 1.52. The summed E-state index contributed by atoms with van der Waals surface area (Å²) in [6.07, 6.45) is -5.22. The number of rotatable bonds is 9. The largest absolute Gasteiger partial charge is 2.00 e. The van der Waals surface area contributed by atoms with E-state index in [0.717, 1.165) is 0 Å². The minimum atomic E-state index is -4.55. The Morgan fingerprint density at radius 3 is 1.24 bits per heavy atom. The predicted octanol–water partition coefficient (Wildman–Crippen LogP) is 13.5. The second kappa shape index (κ2) is 18.4. The fraction of sp³-hybridized carbons (Fsp3) is 0.0741. The standard InChI is InChI=1S/C54H29F6N7O2.2Pt/c55-53(56,57)30-32-24-36(28-46-50(32)40-10-1-3-12-42(40)65(46)48-14-5-7-20-61-48)68-34-16-18-38-39-19-17-35(27-45(39)67(44(38)26-34)52-63-22-9-23-64-52)69-37-25-33(31-54(58,59)60)51-41-11-2-4-13-43(41)66(47(51)29-37)49-15-6-8-21-62-49;;/h1-25H,30-31H2;;/q-4;2*+2. The van der Waals surface area contributed by atoms with Crippen molar-refractivity contribution in [2.45, 2.75) is 25.2 Å². The van der Waals surface area contributed by atoms with E-state index >= 15 is 0 Å². The zero-order chi connectivity index (χ0) is 47.0. The van der Waals surface area contributed by atoms with Gasteiger partial charge in [-0.1, -0.05) is 81.4 Å². The minimum absolute atomic E-state index is 0. The average Bonchev–Trinajstić information content (AvgIpc) is 3.96. The number of nitrogens with zero attached hydrogens (tertiary/aromatic N) is 7. The van der Waals surface area contributed by atoms with E-state index in [-0.39, 0.29) is 82.2 Å². The molecule has 0 unspecified atom stereocenters. The van der Waals surface area contributed by atoms with E-state index in [0.29, 0.717) is 77.1 Å². The molecule has 0 saturated heterocycles. The smallest absolute Gasteiger partial charge is 0.509 e. The number of hydrogen-bond donors (Lipinski definition) is 0. The van der Waals surface area contributed by atoms with E-state index < -0.39 is 25.2 Å². The number of benzene rings is 6. The van der Waals surface area contributed by atoms with Gasteiger partial charge in [-0.05, 0) is 53.2 Å². The van der Waals surface area contributed by atoms with E-state index in [9.17, 15) is 26.3 Å². The van der Waals surface area contributed by atoms with Gasteiger partial charge in [0.1, 0.15) is 11.6 Å². The molecule has 6 aromatic carbocycles. The van der Waals surface area contributed by atoms with E-state index in [1.807, 2.05) is 24.3 Å². The van der Waals surface area contributed by atoms with Crippen LogP contribution < -0.4 is 9.47 Å². The summed E-state index contributed by atoms with van der Waals surface area (Å²) in [4.78, 5) is 18.1. The van der Waals surface area contributed by atoms with Gasteiger partial charge in [-0.3, -0.25) is 0 Å². The number of alkyl halides is 6. The number of pyridine rings is 2.